The Labute approximate surface area is 393 Å². The van der Waals surface area contributed by atoms with Crippen molar-refractivity contribution in [2.75, 3.05) is 17.7 Å². The van der Waals surface area contributed by atoms with Gasteiger partial charge in [-0.3, -0.25) is 0 Å². The second-order valence-electron chi connectivity index (χ2n) is 15.1. The summed E-state index contributed by atoms with van der Waals surface area (Å²) in [7, 11) is -5.24. The zero-order chi connectivity index (χ0) is 47.4. The van der Waals surface area contributed by atoms with Crippen molar-refractivity contribution < 1.29 is 30.7 Å². The van der Waals surface area contributed by atoms with Gasteiger partial charge in [0.25, 0.3) is 0 Å². The molecule has 0 aliphatic carbocycles. The number of benzene rings is 6. The molecule has 0 unspecified atom stereocenters. The smallest absolute Gasteiger partial charge is 0.230 e. The molecule has 0 radical (unpaired) electrons. The topological polar surface area (TPSA) is 188 Å². The minimum absolute atomic E-state index is 0.0278. The Balaban J connectivity index is 0.000000200. The molecule has 0 saturated heterocycles. The molecule has 67 heavy (non-hydrogen) atoms. The second-order valence-corrected chi connectivity index (χ2v) is 20.1. The summed E-state index contributed by atoms with van der Waals surface area (Å²) in [6.45, 7) is 3.71. The molecule has 2 aromatic heterocycles. The van der Waals surface area contributed by atoms with Crippen LogP contribution in [0.15, 0.2) is 163 Å². The Morgan fingerprint density at radius 2 is 1.16 bits per heavy atom. The lowest BCUT2D eigenvalue weighted by Crippen LogP contribution is -2.16. The lowest BCUT2D eigenvalue weighted by molar-refractivity contribution is 0.307. The van der Waals surface area contributed by atoms with E-state index in [2.05, 4.69) is 40.5 Å². The normalized spacial score (nSPS) is 11.3. The Hall–Kier alpha value is -7.34. The van der Waals surface area contributed by atoms with E-state index < -0.39 is 30.7 Å². The van der Waals surface area contributed by atoms with Gasteiger partial charge in [-0.15, -0.1) is 0 Å². The molecule has 2 N–H and O–H groups in total. The van der Waals surface area contributed by atoms with Gasteiger partial charge in [-0.2, -0.15) is 9.97 Å². The molecule has 0 saturated carbocycles. The Morgan fingerprint density at radius 1 is 0.597 bits per heavy atom. The molecule has 6 aromatic carbocycles. The number of ether oxygens (including phenoxy) is 2. The molecule has 18 heteroatoms. The largest absolute Gasteiger partial charge is 0.496 e. The van der Waals surface area contributed by atoms with E-state index in [0.717, 1.165) is 11.1 Å². The van der Waals surface area contributed by atoms with Gasteiger partial charge < -0.3 is 20.1 Å². The highest BCUT2D eigenvalue weighted by atomic mass is 35.5. The zero-order valence-electron chi connectivity index (χ0n) is 36.4. The molecule has 0 spiro atoms. The fraction of sp³-hybridized carbons (Fsp3) is 0.143. The lowest BCUT2D eigenvalue weighted by Gasteiger charge is -2.12. The third kappa shape index (κ3) is 13.2. The minimum Gasteiger partial charge on any atom is -0.496 e. The number of nitrogens with zero attached hydrogens (tertiary/aromatic N) is 6. The maximum atomic E-state index is 13.5. The van der Waals surface area contributed by atoms with Gasteiger partial charge in [0.05, 0.1) is 39.9 Å². The van der Waals surface area contributed by atoms with Gasteiger partial charge in [0.1, 0.15) is 36.6 Å². The van der Waals surface area contributed by atoms with Gasteiger partial charge in [-0.1, -0.05) is 78.3 Å². The molecule has 14 nitrogen and oxygen atoms in total. The zero-order valence-corrected chi connectivity index (χ0v) is 38.8. The van der Waals surface area contributed by atoms with Crippen LogP contribution in [0.2, 0.25) is 5.02 Å². The monoisotopic (exact) mass is 958 g/mol. The van der Waals surface area contributed by atoms with Crippen molar-refractivity contribution in [3.8, 4) is 34.3 Å². The third-order valence-corrected chi connectivity index (χ3v) is 14.0. The maximum Gasteiger partial charge on any atom is 0.230 e. The van der Waals surface area contributed by atoms with Gasteiger partial charge in [0.15, 0.2) is 31.3 Å². The van der Waals surface area contributed by atoms with Crippen LogP contribution >= 0.6 is 11.6 Å². The van der Waals surface area contributed by atoms with Crippen molar-refractivity contribution in [2.24, 2.45) is 0 Å². The summed E-state index contributed by atoms with van der Waals surface area (Å²) in [4.78, 5) is 26.0. The minimum atomic E-state index is -3.47. The van der Waals surface area contributed by atoms with E-state index >= 15 is 0 Å². The fourth-order valence-electron chi connectivity index (χ4n) is 6.45. The predicted octanol–water partition coefficient (Wildman–Crippen LogP) is 10.2. The average molecular weight is 960 g/mol. The van der Waals surface area contributed by atoms with Crippen LogP contribution in [0.3, 0.4) is 0 Å². The number of aromatic nitrogens is 6. The molecule has 8 rings (SSSR count). The summed E-state index contributed by atoms with van der Waals surface area (Å²) in [5.41, 5.74) is 4.80. The van der Waals surface area contributed by atoms with E-state index in [9.17, 15) is 21.2 Å². The van der Waals surface area contributed by atoms with Gasteiger partial charge in [0.2, 0.25) is 11.9 Å². The van der Waals surface area contributed by atoms with Gasteiger partial charge in [-0.25, -0.2) is 41.2 Å². The number of sulfone groups is 2. The van der Waals surface area contributed by atoms with Crippen LogP contribution in [0.4, 0.5) is 27.7 Å². The van der Waals surface area contributed by atoms with Crippen LogP contribution in [0.1, 0.15) is 30.5 Å². The van der Waals surface area contributed by atoms with Gasteiger partial charge in [-0.05, 0) is 103 Å². The molecule has 0 amide bonds. The molecular formula is C49H44ClFN8O6S2. The first-order valence-electron chi connectivity index (χ1n) is 20.6. The lowest BCUT2D eigenvalue weighted by atomic mass is 10.2. The number of hydrogen-bond acceptors (Lipinski definition) is 14. The average Bonchev–Trinajstić information content (AvgIpc) is 3.31. The molecule has 0 atom stereocenters. The van der Waals surface area contributed by atoms with E-state index in [-0.39, 0.29) is 22.3 Å². The summed E-state index contributed by atoms with van der Waals surface area (Å²) in [6, 6.07) is 41.6. The molecular weight excluding hydrogens is 915 g/mol. The number of nitrogens with one attached hydrogen (secondary N) is 2. The van der Waals surface area contributed by atoms with Crippen molar-refractivity contribution in [2.45, 2.75) is 42.1 Å². The van der Waals surface area contributed by atoms with E-state index in [1.807, 2.05) is 54.6 Å². The van der Waals surface area contributed by atoms with Gasteiger partial charge in [0, 0.05) is 22.5 Å². The highest BCUT2D eigenvalue weighted by Crippen LogP contribution is 2.31. The first kappa shape index (κ1) is 47.6. The summed E-state index contributed by atoms with van der Waals surface area (Å²) in [6.07, 6.45) is 2.75. The van der Waals surface area contributed by atoms with Crippen LogP contribution in [0.25, 0.3) is 22.8 Å². The maximum absolute atomic E-state index is 13.5. The quantitative estimate of drug-likeness (QED) is 0.0931. The van der Waals surface area contributed by atoms with Crippen LogP contribution in [-0.4, -0.2) is 59.1 Å². The van der Waals surface area contributed by atoms with Crippen molar-refractivity contribution >= 4 is 54.5 Å². The van der Waals surface area contributed by atoms with Crippen LogP contribution in [0.5, 0.6) is 11.5 Å². The molecule has 2 heterocycles. The van der Waals surface area contributed by atoms with Crippen LogP contribution in [-0.2, 0) is 37.8 Å². The van der Waals surface area contributed by atoms with Crippen LogP contribution < -0.4 is 20.1 Å². The first-order chi connectivity index (χ1) is 32.2. The van der Waals surface area contributed by atoms with E-state index in [0.29, 0.717) is 68.8 Å². The number of hydrogen-bond donors (Lipinski definition) is 2. The Bertz CT molecular complexity index is 3210. The molecule has 8 aromatic rings. The third-order valence-electron chi connectivity index (χ3n) is 9.87. The number of anilines is 4. The van der Waals surface area contributed by atoms with E-state index in [1.54, 1.807) is 86.6 Å². The fourth-order valence-corrected chi connectivity index (χ4v) is 9.00. The molecule has 0 fully saturated rings. The van der Waals surface area contributed by atoms with Gasteiger partial charge >= 0.3 is 0 Å². The standard InChI is InChI=1S/C26H25ClN4O3S.C23H19FN4O3S/c1-18(2)35(32,33)16-20-8-6-10-22(14-20)30-26-29-17-28-25(31-26)23-11-3-4-12-24(23)34-15-19-7-5-9-21(27)13-19;1-31-21-13-17(24)10-11-20(21)22-25-15-26-23(28-22)27-18-7-5-6-16(12-18)14-32(29,30)19-8-3-2-4-9-19/h3-14,17-18H,15-16H2,1-2H3,(H,28,29,30,31);2-13,15H,14H2,1H3,(H,25,26,27,28). The summed E-state index contributed by atoms with van der Waals surface area (Å²) < 4.78 is 74.7. The SMILES string of the molecule is CC(C)S(=O)(=O)Cc1cccc(Nc2ncnc(-c3ccccc3OCc3cccc(Cl)c3)n2)c1.COc1cc(F)ccc1-c1ncnc(Nc2cccc(CS(=O)(=O)c3ccccc3)c2)n1. The number of para-hydroxylation sites is 1. The van der Waals surface area contributed by atoms with E-state index in [1.165, 1.54) is 38.0 Å². The second kappa shape index (κ2) is 21.8. The van der Waals surface area contributed by atoms with Crippen molar-refractivity contribution in [3.63, 3.8) is 0 Å². The van der Waals surface area contributed by atoms with Crippen molar-refractivity contribution in [1.82, 2.24) is 29.9 Å². The number of rotatable bonds is 16. The first-order valence-corrected chi connectivity index (χ1v) is 24.4. The molecule has 342 valence electrons. The summed E-state index contributed by atoms with van der Waals surface area (Å²) >= 11 is 6.07. The molecule has 0 aliphatic heterocycles. The Morgan fingerprint density at radius 3 is 1.78 bits per heavy atom. The number of methoxy groups -OCH3 is 1. The van der Waals surface area contributed by atoms with Crippen molar-refractivity contribution in [3.05, 3.63) is 186 Å². The highest BCUT2D eigenvalue weighted by molar-refractivity contribution is 7.91. The van der Waals surface area contributed by atoms with Crippen molar-refractivity contribution in [1.29, 1.82) is 0 Å². The Kier molecular flexibility index (Phi) is 15.5. The predicted molar refractivity (Wildman–Crippen MR) is 257 cm³/mol. The molecule has 0 aliphatic rings. The summed E-state index contributed by atoms with van der Waals surface area (Å²) in [5.74, 6) is 1.68. The number of halogens is 2. The van der Waals surface area contributed by atoms with E-state index in [4.69, 9.17) is 21.1 Å². The highest BCUT2D eigenvalue weighted by Gasteiger charge is 2.18. The van der Waals surface area contributed by atoms with Crippen LogP contribution in [0, 0.1) is 5.82 Å². The summed E-state index contributed by atoms with van der Waals surface area (Å²) in [5, 5.41) is 6.41. The molecule has 0 bridgehead atoms.